The van der Waals surface area contributed by atoms with Crippen molar-refractivity contribution >= 4 is 34.5 Å². The third-order valence-corrected chi connectivity index (χ3v) is 5.86. The Morgan fingerprint density at radius 1 is 1.37 bits per heavy atom. The molecule has 4 rings (SSSR count). The third-order valence-electron chi connectivity index (χ3n) is 4.77. The van der Waals surface area contributed by atoms with Crippen LogP contribution >= 0.6 is 22.9 Å². The summed E-state index contributed by atoms with van der Waals surface area (Å²) >= 11 is 6.70. The zero-order chi connectivity index (χ0) is 19.2. The van der Waals surface area contributed by atoms with Crippen molar-refractivity contribution in [3.8, 4) is 10.6 Å². The van der Waals surface area contributed by atoms with Crippen LogP contribution in [0.25, 0.3) is 16.2 Å². The molecule has 3 aromatic rings. The first-order valence-corrected chi connectivity index (χ1v) is 9.93. The van der Waals surface area contributed by atoms with Gasteiger partial charge in [-0.2, -0.15) is 13.9 Å². The number of piperidine rings is 1. The molecule has 4 heterocycles. The lowest BCUT2D eigenvalue weighted by atomic mass is 10.0. The number of amides is 1. The predicted molar refractivity (Wildman–Crippen MR) is 100 cm³/mol. The standard InChI is InChI=1S/C18H17ClF2N4OS/c1-11-5-2-3-7-24(11)17(26)13-10-16-22-12(14-6-4-8-27-14)9-15(18(19,20)21)25(16)23-13/h4,6,8-11H,2-3,5,7H2,1H3. The number of thiophene rings is 1. The second-order valence-corrected chi connectivity index (χ2v) is 8.07. The molecule has 1 aliphatic rings. The molecule has 5 nitrogen and oxygen atoms in total. The maximum atomic E-state index is 14.0. The molecule has 0 spiro atoms. The fourth-order valence-corrected chi connectivity index (χ4v) is 4.20. The van der Waals surface area contributed by atoms with Crippen LogP contribution in [0, 0.1) is 0 Å². The lowest BCUT2D eigenvalue weighted by Gasteiger charge is -2.32. The highest BCUT2D eigenvalue weighted by atomic mass is 35.5. The summed E-state index contributed by atoms with van der Waals surface area (Å²) in [5.74, 6) is -0.269. The van der Waals surface area contributed by atoms with Crippen LogP contribution in [0.5, 0.6) is 0 Å². The van der Waals surface area contributed by atoms with E-state index in [0.717, 1.165) is 28.7 Å². The minimum Gasteiger partial charge on any atom is -0.335 e. The van der Waals surface area contributed by atoms with Gasteiger partial charge in [-0.15, -0.1) is 11.3 Å². The third kappa shape index (κ3) is 3.43. The molecule has 1 unspecified atom stereocenters. The van der Waals surface area contributed by atoms with Crippen molar-refractivity contribution in [1.29, 1.82) is 0 Å². The highest BCUT2D eigenvalue weighted by molar-refractivity contribution is 7.13. The van der Waals surface area contributed by atoms with Crippen LogP contribution < -0.4 is 0 Å². The van der Waals surface area contributed by atoms with E-state index < -0.39 is 11.1 Å². The van der Waals surface area contributed by atoms with Crippen LogP contribution in [-0.4, -0.2) is 38.0 Å². The molecule has 0 bridgehead atoms. The molecule has 0 aliphatic carbocycles. The van der Waals surface area contributed by atoms with Gasteiger partial charge in [0.1, 0.15) is 5.69 Å². The summed E-state index contributed by atoms with van der Waals surface area (Å²) in [5, 5.41) is 2.31. The zero-order valence-corrected chi connectivity index (χ0v) is 16.1. The monoisotopic (exact) mass is 410 g/mol. The van der Waals surface area contributed by atoms with Crippen LogP contribution in [0.4, 0.5) is 8.78 Å². The zero-order valence-electron chi connectivity index (χ0n) is 14.5. The molecule has 1 amide bonds. The number of fused-ring (bicyclic) bond motifs is 1. The Morgan fingerprint density at radius 2 is 2.19 bits per heavy atom. The fourth-order valence-electron chi connectivity index (χ4n) is 3.38. The van der Waals surface area contributed by atoms with Crippen LogP contribution in [-0.2, 0) is 5.38 Å². The summed E-state index contributed by atoms with van der Waals surface area (Å²) in [4.78, 5) is 19.7. The number of likely N-dealkylation sites (tertiary alicyclic amines) is 1. The highest BCUT2D eigenvalue weighted by Crippen LogP contribution is 2.35. The van der Waals surface area contributed by atoms with Crippen LogP contribution in [0.1, 0.15) is 42.4 Å². The Bertz CT molecular complexity index is 983. The number of hydrogen-bond acceptors (Lipinski definition) is 4. The van der Waals surface area contributed by atoms with Crippen LogP contribution in [0.15, 0.2) is 29.6 Å². The number of carbonyl (C=O) groups excluding carboxylic acids is 1. The SMILES string of the molecule is CC1CCCCN1C(=O)c1cc2nc(-c3cccs3)cc(C(F)(F)Cl)n2n1. The maximum absolute atomic E-state index is 14.0. The van der Waals surface area contributed by atoms with E-state index in [1.807, 2.05) is 18.4 Å². The molecule has 0 saturated carbocycles. The lowest BCUT2D eigenvalue weighted by molar-refractivity contribution is 0.0626. The van der Waals surface area contributed by atoms with Crippen molar-refractivity contribution in [3.63, 3.8) is 0 Å². The molecule has 9 heteroatoms. The Morgan fingerprint density at radius 3 is 2.85 bits per heavy atom. The minimum atomic E-state index is -3.64. The Balaban J connectivity index is 1.82. The van der Waals surface area contributed by atoms with Gasteiger partial charge in [0.25, 0.3) is 5.91 Å². The molecular formula is C18H17ClF2N4OS. The Labute approximate surface area is 163 Å². The molecular weight excluding hydrogens is 394 g/mol. The second-order valence-electron chi connectivity index (χ2n) is 6.64. The fraction of sp³-hybridized carbons (Fsp3) is 0.389. The smallest absolute Gasteiger partial charge is 0.335 e. The van der Waals surface area contributed by atoms with E-state index >= 15 is 0 Å². The topological polar surface area (TPSA) is 50.5 Å². The van der Waals surface area contributed by atoms with Crippen molar-refractivity contribution in [1.82, 2.24) is 19.5 Å². The Kier molecular flexibility index (Phi) is 4.63. The summed E-state index contributed by atoms with van der Waals surface area (Å²) in [6, 6.07) is 6.37. The number of rotatable bonds is 3. The van der Waals surface area contributed by atoms with Crippen molar-refractivity contribution in [2.24, 2.45) is 0 Å². The molecule has 1 aliphatic heterocycles. The summed E-state index contributed by atoms with van der Waals surface area (Å²) < 4.78 is 29.0. The van der Waals surface area contributed by atoms with E-state index in [1.165, 1.54) is 23.5 Å². The first-order valence-electron chi connectivity index (χ1n) is 8.67. The van der Waals surface area contributed by atoms with Crippen molar-refractivity contribution < 1.29 is 13.6 Å². The van der Waals surface area contributed by atoms with Gasteiger partial charge in [-0.25, -0.2) is 9.50 Å². The summed E-state index contributed by atoms with van der Waals surface area (Å²) in [6.45, 7) is 2.62. The second kappa shape index (κ2) is 6.83. The molecule has 3 aromatic heterocycles. The van der Waals surface area contributed by atoms with E-state index in [0.29, 0.717) is 12.2 Å². The van der Waals surface area contributed by atoms with Gasteiger partial charge >= 0.3 is 5.38 Å². The summed E-state index contributed by atoms with van der Waals surface area (Å²) in [7, 11) is 0. The molecule has 0 N–H and O–H groups in total. The Hall–Kier alpha value is -2.06. The number of alkyl halides is 3. The van der Waals surface area contributed by atoms with Gasteiger partial charge in [-0.3, -0.25) is 4.79 Å². The number of carbonyl (C=O) groups is 1. The van der Waals surface area contributed by atoms with Gasteiger partial charge < -0.3 is 4.90 Å². The van der Waals surface area contributed by atoms with E-state index in [9.17, 15) is 13.6 Å². The van der Waals surface area contributed by atoms with Crippen molar-refractivity contribution in [2.45, 2.75) is 37.6 Å². The number of aromatic nitrogens is 3. The van der Waals surface area contributed by atoms with Crippen LogP contribution in [0.2, 0.25) is 0 Å². The summed E-state index contributed by atoms with van der Waals surface area (Å²) in [6.07, 6.45) is 2.92. The average Bonchev–Trinajstić information content (AvgIpc) is 3.29. The molecule has 0 radical (unpaired) electrons. The van der Waals surface area contributed by atoms with Crippen molar-refractivity contribution in [2.75, 3.05) is 6.54 Å². The van der Waals surface area contributed by atoms with Crippen LogP contribution in [0.3, 0.4) is 0 Å². The van der Waals surface area contributed by atoms with Crippen molar-refractivity contribution in [3.05, 3.63) is 41.0 Å². The predicted octanol–water partition coefficient (Wildman–Crippen LogP) is 4.76. The average molecular weight is 411 g/mol. The quantitative estimate of drug-likeness (QED) is 0.585. The van der Waals surface area contributed by atoms with Gasteiger partial charge in [0.05, 0.1) is 10.6 Å². The largest absolute Gasteiger partial charge is 0.364 e. The lowest BCUT2D eigenvalue weighted by Crippen LogP contribution is -2.42. The molecule has 0 aromatic carbocycles. The molecule has 1 fully saturated rings. The van der Waals surface area contributed by atoms with Gasteiger partial charge in [0, 0.05) is 18.7 Å². The van der Waals surface area contributed by atoms with E-state index in [1.54, 1.807) is 11.0 Å². The van der Waals surface area contributed by atoms with E-state index in [-0.39, 0.29) is 23.3 Å². The number of nitrogens with zero attached hydrogens (tertiary/aromatic N) is 4. The van der Waals surface area contributed by atoms with E-state index in [4.69, 9.17) is 11.6 Å². The molecule has 1 atom stereocenters. The van der Waals surface area contributed by atoms with E-state index in [2.05, 4.69) is 10.1 Å². The number of halogens is 3. The van der Waals surface area contributed by atoms with Gasteiger partial charge in [0.2, 0.25) is 0 Å². The molecule has 1 saturated heterocycles. The van der Waals surface area contributed by atoms with Gasteiger partial charge in [0.15, 0.2) is 11.3 Å². The number of hydrogen-bond donors (Lipinski definition) is 0. The first kappa shape index (κ1) is 18.3. The first-order chi connectivity index (χ1) is 12.8. The van der Waals surface area contributed by atoms with Gasteiger partial charge in [-0.05, 0) is 55.3 Å². The molecule has 142 valence electrons. The molecule has 27 heavy (non-hydrogen) atoms. The maximum Gasteiger partial charge on any atom is 0.364 e. The highest BCUT2D eigenvalue weighted by Gasteiger charge is 2.34. The summed E-state index contributed by atoms with van der Waals surface area (Å²) in [5.41, 5.74) is 0.132. The van der Waals surface area contributed by atoms with Gasteiger partial charge in [-0.1, -0.05) is 6.07 Å². The minimum absolute atomic E-state index is 0.0969. The normalized spacial score (nSPS) is 18.2.